The number of nitrogens with zero attached hydrogens (tertiary/aromatic N) is 2. The third kappa shape index (κ3) is 3.65. The molecule has 1 aromatic heterocycles. The number of aromatic nitrogens is 1. The predicted octanol–water partition coefficient (Wildman–Crippen LogP) is 2.34. The SMILES string of the molecule is COC[C@H]1CN(c2ccc(C(C)SC)nc2)CC[C@H]1O. The van der Waals surface area contributed by atoms with Gasteiger partial charge in [0.2, 0.25) is 0 Å². The molecular formula is C15H24N2O2S. The minimum absolute atomic E-state index is 0.179. The van der Waals surface area contributed by atoms with Crippen molar-refractivity contribution in [2.75, 3.05) is 38.0 Å². The average molecular weight is 296 g/mol. The number of rotatable bonds is 5. The summed E-state index contributed by atoms with van der Waals surface area (Å²) in [6.45, 7) is 4.47. The Balaban J connectivity index is 2.04. The third-order valence-electron chi connectivity index (χ3n) is 3.98. The molecule has 1 unspecified atom stereocenters. The van der Waals surface area contributed by atoms with Gasteiger partial charge in [-0.3, -0.25) is 4.98 Å². The van der Waals surface area contributed by atoms with Crippen LogP contribution in [0.15, 0.2) is 18.3 Å². The third-order valence-corrected chi connectivity index (χ3v) is 4.93. The van der Waals surface area contributed by atoms with E-state index in [9.17, 15) is 5.11 Å². The van der Waals surface area contributed by atoms with Gasteiger partial charge >= 0.3 is 0 Å². The first-order valence-electron chi connectivity index (χ1n) is 7.06. The molecule has 0 amide bonds. The van der Waals surface area contributed by atoms with Gasteiger partial charge in [-0.25, -0.2) is 0 Å². The zero-order chi connectivity index (χ0) is 14.5. The number of hydrogen-bond acceptors (Lipinski definition) is 5. The van der Waals surface area contributed by atoms with E-state index in [0.717, 1.165) is 30.9 Å². The molecule has 2 heterocycles. The van der Waals surface area contributed by atoms with Crippen LogP contribution in [-0.4, -0.2) is 49.3 Å². The predicted molar refractivity (Wildman–Crippen MR) is 84.4 cm³/mol. The van der Waals surface area contributed by atoms with Crippen molar-refractivity contribution in [1.29, 1.82) is 0 Å². The number of pyridine rings is 1. The van der Waals surface area contributed by atoms with Crippen molar-refractivity contribution in [3.63, 3.8) is 0 Å². The molecule has 0 spiro atoms. The number of ether oxygens (including phenoxy) is 1. The molecule has 2 rings (SSSR count). The van der Waals surface area contributed by atoms with Crippen LogP contribution in [0.1, 0.15) is 24.3 Å². The van der Waals surface area contributed by atoms with Crippen LogP contribution < -0.4 is 4.90 Å². The van der Waals surface area contributed by atoms with Crippen molar-refractivity contribution < 1.29 is 9.84 Å². The van der Waals surface area contributed by atoms with E-state index in [2.05, 4.69) is 35.2 Å². The Morgan fingerprint density at radius 3 is 2.95 bits per heavy atom. The largest absolute Gasteiger partial charge is 0.393 e. The first-order chi connectivity index (χ1) is 9.65. The molecule has 4 nitrogen and oxygen atoms in total. The van der Waals surface area contributed by atoms with Gasteiger partial charge in [0.05, 0.1) is 30.3 Å². The number of thioether (sulfide) groups is 1. The summed E-state index contributed by atoms with van der Waals surface area (Å²) in [6, 6.07) is 4.24. The average Bonchev–Trinajstić information content (AvgIpc) is 2.49. The van der Waals surface area contributed by atoms with Crippen LogP contribution in [-0.2, 0) is 4.74 Å². The lowest BCUT2D eigenvalue weighted by atomic mass is 9.95. The van der Waals surface area contributed by atoms with E-state index in [1.165, 1.54) is 0 Å². The van der Waals surface area contributed by atoms with Crippen LogP contribution in [0.2, 0.25) is 0 Å². The monoisotopic (exact) mass is 296 g/mol. The highest BCUT2D eigenvalue weighted by atomic mass is 32.2. The van der Waals surface area contributed by atoms with Crippen molar-refractivity contribution in [2.45, 2.75) is 24.7 Å². The summed E-state index contributed by atoms with van der Waals surface area (Å²) in [6.07, 6.45) is 4.58. The first-order valence-corrected chi connectivity index (χ1v) is 8.35. The van der Waals surface area contributed by atoms with Gasteiger partial charge in [0.25, 0.3) is 0 Å². The minimum Gasteiger partial charge on any atom is -0.393 e. The summed E-state index contributed by atoms with van der Waals surface area (Å²) in [5.41, 5.74) is 2.25. The van der Waals surface area contributed by atoms with Crippen LogP contribution >= 0.6 is 11.8 Å². The molecular weight excluding hydrogens is 272 g/mol. The molecule has 0 radical (unpaired) electrons. The first kappa shape index (κ1) is 15.6. The Morgan fingerprint density at radius 2 is 2.35 bits per heavy atom. The van der Waals surface area contributed by atoms with Crippen LogP contribution in [0.3, 0.4) is 0 Å². The van der Waals surface area contributed by atoms with Gasteiger partial charge in [-0.15, -0.1) is 0 Å². The Labute approximate surface area is 125 Å². The second-order valence-corrected chi connectivity index (χ2v) is 6.52. The summed E-state index contributed by atoms with van der Waals surface area (Å²) >= 11 is 1.80. The van der Waals surface area contributed by atoms with E-state index in [1.807, 2.05) is 6.20 Å². The van der Waals surface area contributed by atoms with E-state index in [4.69, 9.17) is 4.74 Å². The fourth-order valence-corrected chi connectivity index (χ4v) is 2.96. The molecule has 0 aliphatic carbocycles. The summed E-state index contributed by atoms with van der Waals surface area (Å²) in [5.74, 6) is 0.179. The summed E-state index contributed by atoms with van der Waals surface area (Å²) < 4.78 is 5.20. The number of hydrogen-bond donors (Lipinski definition) is 1. The zero-order valence-electron chi connectivity index (χ0n) is 12.5. The molecule has 112 valence electrons. The highest BCUT2D eigenvalue weighted by Crippen LogP contribution is 2.27. The lowest BCUT2D eigenvalue weighted by Crippen LogP contribution is -2.45. The van der Waals surface area contributed by atoms with E-state index < -0.39 is 0 Å². The van der Waals surface area contributed by atoms with E-state index in [-0.39, 0.29) is 12.0 Å². The van der Waals surface area contributed by atoms with Crippen molar-refractivity contribution in [3.8, 4) is 0 Å². The molecule has 0 bridgehead atoms. The molecule has 0 saturated carbocycles. The molecule has 0 aromatic carbocycles. The standard InChI is InChI=1S/C15H24N2O2S/c1-11(20-3)14-5-4-13(8-16-14)17-7-6-15(18)12(9-17)10-19-2/h4-5,8,11-12,15,18H,6-7,9-10H2,1-3H3/t11?,12-,15-/m1/s1. The molecule has 20 heavy (non-hydrogen) atoms. The van der Waals surface area contributed by atoms with Gasteiger partial charge in [-0.05, 0) is 31.7 Å². The Kier molecular flexibility index (Phi) is 5.69. The summed E-state index contributed by atoms with van der Waals surface area (Å²) in [7, 11) is 1.69. The lowest BCUT2D eigenvalue weighted by molar-refractivity contribution is 0.0359. The molecule has 5 heteroatoms. The maximum absolute atomic E-state index is 9.99. The second-order valence-electron chi connectivity index (χ2n) is 5.34. The smallest absolute Gasteiger partial charge is 0.0624 e. The highest BCUT2D eigenvalue weighted by Gasteiger charge is 2.27. The zero-order valence-corrected chi connectivity index (χ0v) is 13.3. The minimum atomic E-state index is -0.255. The summed E-state index contributed by atoms with van der Waals surface area (Å²) in [4.78, 5) is 6.85. The molecule has 1 aliphatic rings. The molecule has 1 aromatic rings. The van der Waals surface area contributed by atoms with Crippen LogP contribution in [0.25, 0.3) is 0 Å². The Hall–Kier alpha value is -0.780. The number of aliphatic hydroxyl groups is 1. The van der Waals surface area contributed by atoms with Gasteiger partial charge in [0.15, 0.2) is 0 Å². The van der Waals surface area contributed by atoms with Crippen LogP contribution in [0.5, 0.6) is 0 Å². The van der Waals surface area contributed by atoms with Gasteiger partial charge in [0, 0.05) is 31.4 Å². The molecule has 1 aliphatic heterocycles. The number of piperidine rings is 1. The van der Waals surface area contributed by atoms with E-state index in [1.54, 1.807) is 18.9 Å². The Morgan fingerprint density at radius 1 is 1.55 bits per heavy atom. The lowest BCUT2D eigenvalue weighted by Gasteiger charge is -2.37. The van der Waals surface area contributed by atoms with E-state index >= 15 is 0 Å². The van der Waals surface area contributed by atoms with Crippen molar-refractivity contribution in [1.82, 2.24) is 4.98 Å². The molecule has 1 fully saturated rings. The number of aliphatic hydroxyl groups excluding tert-OH is 1. The Bertz CT molecular complexity index is 413. The second kappa shape index (κ2) is 7.29. The normalized spacial score (nSPS) is 24.7. The molecule has 3 atom stereocenters. The molecule has 1 saturated heterocycles. The van der Waals surface area contributed by atoms with Crippen molar-refractivity contribution in [3.05, 3.63) is 24.0 Å². The highest BCUT2D eigenvalue weighted by molar-refractivity contribution is 7.98. The topological polar surface area (TPSA) is 45.6 Å². The quantitative estimate of drug-likeness (QED) is 0.903. The molecule has 1 N–H and O–H groups in total. The maximum Gasteiger partial charge on any atom is 0.0624 e. The van der Waals surface area contributed by atoms with Gasteiger partial charge in [0.1, 0.15) is 0 Å². The fraction of sp³-hybridized carbons (Fsp3) is 0.667. The van der Waals surface area contributed by atoms with Crippen LogP contribution in [0.4, 0.5) is 5.69 Å². The van der Waals surface area contributed by atoms with E-state index in [0.29, 0.717) is 11.9 Å². The number of anilines is 1. The summed E-state index contributed by atoms with van der Waals surface area (Å²) in [5, 5.41) is 10.4. The fourth-order valence-electron chi connectivity index (χ4n) is 2.58. The maximum atomic E-state index is 9.99. The van der Waals surface area contributed by atoms with Crippen molar-refractivity contribution >= 4 is 17.4 Å². The number of methoxy groups -OCH3 is 1. The van der Waals surface area contributed by atoms with Crippen LogP contribution in [0, 0.1) is 5.92 Å². The van der Waals surface area contributed by atoms with Crippen molar-refractivity contribution in [2.24, 2.45) is 5.92 Å². The van der Waals surface area contributed by atoms with Gasteiger partial charge in [-0.1, -0.05) is 0 Å². The van der Waals surface area contributed by atoms with Gasteiger partial charge in [-0.2, -0.15) is 11.8 Å². The van der Waals surface area contributed by atoms with Gasteiger partial charge < -0.3 is 14.7 Å².